The van der Waals surface area contributed by atoms with E-state index in [1.165, 1.54) is 0 Å². The number of aromatic nitrogens is 3. The molecule has 0 unspecified atom stereocenters. The molecule has 2 amide bonds. The molecule has 7 rings (SSSR count). The Labute approximate surface area is 293 Å². The lowest BCUT2D eigenvalue weighted by Crippen LogP contribution is -2.14. The van der Waals surface area contributed by atoms with Crippen molar-refractivity contribution >= 4 is 34.2 Å². The second-order valence-corrected chi connectivity index (χ2v) is 11.8. The molecule has 7 aromatic rings. The Morgan fingerprint density at radius 2 is 1.20 bits per heavy atom. The summed E-state index contributed by atoms with van der Waals surface area (Å²) in [5.74, 6) is 1.54. The normalized spacial score (nSPS) is 10.9. The molecular weight excluding hydrogens is 646 g/mol. The highest BCUT2D eigenvalue weighted by Gasteiger charge is 2.22. The standard InChI is InChI=1S/C40H33N5O6/c1-48-32-19-10-27(11-20-32)38-35(50-44-40(38)29-12-21-33(49-2)22-13-29)24-37(47)42-31-17-8-26(9-18-31)25-6-15-30(16-7-25)41-36(46)23-14-28-4-3-5-34-39(28)45-51-43-34/h3-13,15-22H,14,23-24H2,1-2H3,(H,41,46)(H,42,47). The molecule has 0 aliphatic carbocycles. The van der Waals surface area contributed by atoms with E-state index < -0.39 is 0 Å². The predicted molar refractivity (Wildman–Crippen MR) is 193 cm³/mol. The summed E-state index contributed by atoms with van der Waals surface area (Å²) in [4.78, 5) is 25.9. The number of aryl methyl sites for hydroxylation is 1. The third kappa shape index (κ3) is 7.47. The largest absolute Gasteiger partial charge is 0.497 e. The SMILES string of the molecule is COc1ccc(-c2noc(CC(=O)Nc3ccc(-c4ccc(NC(=O)CCc5cccc6nonc56)cc4)cc3)c2-c2ccc(OC)cc2)cc1. The summed E-state index contributed by atoms with van der Waals surface area (Å²) >= 11 is 0. The van der Waals surface area contributed by atoms with E-state index in [2.05, 4.69) is 26.1 Å². The molecule has 254 valence electrons. The molecule has 0 saturated carbocycles. The van der Waals surface area contributed by atoms with Crippen molar-refractivity contribution in [1.82, 2.24) is 15.5 Å². The summed E-state index contributed by atoms with van der Waals surface area (Å²) < 4.78 is 21.2. The lowest BCUT2D eigenvalue weighted by molar-refractivity contribution is -0.116. The van der Waals surface area contributed by atoms with Gasteiger partial charge in [-0.15, -0.1) is 0 Å². The molecule has 51 heavy (non-hydrogen) atoms. The monoisotopic (exact) mass is 679 g/mol. The molecular formula is C40H33N5O6. The summed E-state index contributed by atoms with van der Waals surface area (Å²) in [7, 11) is 3.23. The van der Waals surface area contributed by atoms with Gasteiger partial charge in [0.05, 0.1) is 26.2 Å². The second kappa shape index (κ2) is 14.8. The molecule has 0 spiro atoms. The minimum atomic E-state index is -0.246. The van der Waals surface area contributed by atoms with Gasteiger partial charge in [-0.3, -0.25) is 9.59 Å². The highest BCUT2D eigenvalue weighted by atomic mass is 16.6. The first-order chi connectivity index (χ1) is 25.0. The Bertz CT molecular complexity index is 2280. The fourth-order valence-corrected chi connectivity index (χ4v) is 5.82. The molecule has 0 radical (unpaired) electrons. The molecule has 0 aliphatic heterocycles. The highest BCUT2D eigenvalue weighted by Crippen LogP contribution is 2.36. The Morgan fingerprint density at radius 1 is 0.627 bits per heavy atom. The van der Waals surface area contributed by atoms with Crippen LogP contribution in [0, 0.1) is 0 Å². The lowest BCUT2D eigenvalue weighted by Gasteiger charge is -2.09. The van der Waals surface area contributed by atoms with E-state index in [0.29, 0.717) is 46.7 Å². The van der Waals surface area contributed by atoms with Gasteiger partial charge >= 0.3 is 0 Å². The van der Waals surface area contributed by atoms with Crippen LogP contribution in [-0.4, -0.2) is 41.5 Å². The Hall–Kier alpha value is -6.75. The lowest BCUT2D eigenvalue weighted by atomic mass is 9.97. The highest BCUT2D eigenvalue weighted by molar-refractivity contribution is 5.95. The van der Waals surface area contributed by atoms with Gasteiger partial charge in [-0.05, 0) is 106 Å². The molecule has 5 aromatic carbocycles. The summed E-state index contributed by atoms with van der Waals surface area (Å²) in [6, 6.07) is 35.8. The van der Waals surface area contributed by atoms with E-state index >= 15 is 0 Å². The van der Waals surface area contributed by atoms with E-state index in [4.69, 9.17) is 18.6 Å². The van der Waals surface area contributed by atoms with Crippen LogP contribution in [0.25, 0.3) is 44.5 Å². The third-order valence-electron chi connectivity index (χ3n) is 8.49. The summed E-state index contributed by atoms with van der Waals surface area (Å²) in [6.07, 6.45) is 0.794. The quantitative estimate of drug-likeness (QED) is 0.131. The van der Waals surface area contributed by atoms with Gasteiger partial charge in [0.25, 0.3) is 0 Å². The van der Waals surface area contributed by atoms with E-state index in [1.54, 1.807) is 14.2 Å². The Morgan fingerprint density at radius 3 is 1.80 bits per heavy atom. The maximum absolute atomic E-state index is 13.3. The Kier molecular flexibility index (Phi) is 9.51. The van der Waals surface area contributed by atoms with Crippen LogP contribution in [0.15, 0.2) is 124 Å². The zero-order chi connectivity index (χ0) is 35.2. The first-order valence-corrected chi connectivity index (χ1v) is 16.2. The van der Waals surface area contributed by atoms with Crippen molar-refractivity contribution < 1.29 is 28.2 Å². The zero-order valence-corrected chi connectivity index (χ0v) is 27.9. The maximum atomic E-state index is 13.3. The molecule has 11 nitrogen and oxygen atoms in total. The first-order valence-electron chi connectivity index (χ1n) is 16.2. The number of fused-ring (bicyclic) bond motifs is 1. The van der Waals surface area contributed by atoms with E-state index in [9.17, 15) is 9.59 Å². The molecule has 0 saturated heterocycles. The molecule has 11 heteroatoms. The summed E-state index contributed by atoms with van der Waals surface area (Å²) in [6.45, 7) is 0. The molecule has 0 fully saturated rings. The number of amides is 2. The molecule has 2 aromatic heterocycles. The minimum Gasteiger partial charge on any atom is -0.497 e. The summed E-state index contributed by atoms with van der Waals surface area (Å²) in [5.41, 5.74) is 8.56. The smallest absolute Gasteiger partial charge is 0.232 e. The van der Waals surface area contributed by atoms with Gasteiger partial charge in [0.15, 0.2) is 5.76 Å². The van der Waals surface area contributed by atoms with Crippen molar-refractivity contribution in [3.05, 3.63) is 127 Å². The molecule has 2 heterocycles. The number of hydrogen-bond donors (Lipinski definition) is 2. The van der Waals surface area contributed by atoms with Crippen LogP contribution in [0.4, 0.5) is 11.4 Å². The van der Waals surface area contributed by atoms with Crippen LogP contribution in [0.2, 0.25) is 0 Å². The minimum absolute atomic E-state index is 0.0213. The maximum Gasteiger partial charge on any atom is 0.232 e. The number of carbonyl (C=O) groups excluding carboxylic acids is 2. The fraction of sp³-hybridized carbons (Fsp3) is 0.125. The number of methoxy groups -OCH3 is 2. The van der Waals surface area contributed by atoms with Crippen LogP contribution in [0.3, 0.4) is 0 Å². The predicted octanol–water partition coefficient (Wildman–Crippen LogP) is 7.98. The molecule has 0 bridgehead atoms. The van der Waals surface area contributed by atoms with Crippen LogP contribution in [0.1, 0.15) is 17.7 Å². The number of rotatable bonds is 12. The van der Waals surface area contributed by atoms with Gasteiger partial charge in [0.2, 0.25) is 11.8 Å². The van der Waals surface area contributed by atoms with Crippen molar-refractivity contribution in [3.8, 4) is 45.0 Å². The fourth-order valence-electron chi connectivity index (χ4n) is 5.82. The number of anilines is 2. The first kappa shape index (κ1) is 32.8. The van der Waals surface area contributed by atoms with Gasteiger partial charge < -0.3 is 24.6 Å². The van der Waals surface area contributed by atoms with Crippen LogP contribution >= 0.6 is 0 Å². The van der Waals surface area contributed by atoms with Gasteiger partial charge in [0, 0.05) is 23.4 Å². The molecule has 2 N–H and O–H groups in total. The van der Waals surface area contributed by atoms with E-state index in [1.807, 2.05) is 115 Å². The average Bonchev–Trinajstić information content (AvgIpc) is 3.83. The van der Waals surface area contributed by atoms with Gasteiger partial charge in [0.1, 0.15) is 28.2 Å². The number of hydrogen-bond acceptors (Lipinski definition) is 9. The Balaban J connectivity index is 0.985. The van der Waals surface area contributed by atoms with E-state index in [0.717, 1.165) is 44.9 Å². The van der Waals surface area contributed by atoms with E-state index in [-0.39, 0.29) is 18.2 Å². The van der Waals surface area contributed by atoms with Crippen LogP contribution < -0.4 is 20.1 Å². The average molecular weight is 680 g/mol. The van der Waals surface area contributed by atoms with Crippen molar-refractivity contribution in [2.24, 2.45) is 0 Å². The van der Waals surface area contributed by atoms with Crippen molar-refractivity contribution in [2.45, 2.75) is 19.3 Å². The van der Waals surface area contributed by atoms with Crippen molar-refractivity contribution in [2.75, 3.05) is 24.9 Å². The van der Waals surface area contributed by atoms with Crippen molar-refractivity contribution in [1.29, 1.82) is 0 Å². The van der Waals surface area contributed by atoms with Crippen LogP contribution in [0.5, 0.6) is 11.5 Å². The number of benzene rings is 5. The number of carbonyl (C=O) groups is 2. The number of nitrogens with zero attached hydrogens (tertiary/aromatic N) is 3. The number of ether oxygens (including phenoxy) is 2. The zero-order valence-electron chi connectivity index (χ0n) is 27.9. The third-order valence-corrected chi connectivity index (χ3v) is 8.49. The topological polar surface area (TPSA) is 142 Å². The summed E-state index contributed by atoms with van der Waals surface area (Å²) in [5, 5.41) is 18.1. The van der Waals surface area contributed by atoms with Crippen LogP contribution in [-0.2, 0) is 22.4 Å². The second-order valence-electron chi connectivity index (χ2n) is 11.8. The van der Waals surface area contributed by atoms with Gasteiger partial charge in [-0.2, -0.15) is 0 Å². The molecule has 0 atom stereocenters. The van der Waals surface area contributed by atoms with Crippen molar-refractivity contribution in [3.63, 3.8) is 0 Å². The van der Waals surface area contributed by atoms with Gasteiger partial charge in [-0.25, -0.2) is 4.63 Å². The molecule has 0 aliphatic rings. The number of nitrogens with one attached hydrogen (secondary N) is 2. The van der Waals surface area contributed by atoms with Gasteiger partial charge in [-0.1, -0.05) is 53.7 Å².